The average Bonchev–Trinajstić information content (AvgIpc) is 3.50. The molecule has 4 heteroatoms. The Bertz CT molecular complexity index is 2520. The van der Waals surface area contributed by atoms with Crippen molar-refractivity contribution in [1.29, 1.82) is 5.26 Å². The van der Waals surface area contributed by atoms with Gasteiger partial charge in [-0.15, -0.1) is 0 Å². The van der Waals surface area contributed by atoms with Crippen LogP contribution in [0, 0.1) is 11.3 Å². The van der Waals surface area contributed by atoms with Crippen molar-refractivity contribution in [3.8, 4) is 84.7 Å². The van der Waals surface area contributed by atoms with Crippen LogP contribution in [0.2, 0.25) is 0 Å². The molecule has 0 unspecified atom stereocenters. The van der Waals surface area contributed by atoms with Crippen LogP contribution in [0.25, 0.3) is 89.4 Å². The summed E-state index contributed by atoms with van der Waals surface area (Å²) < 4.78 is 0. The predicted octanol–water partition coefficient (Wildman–Crippen LogP) is 10.9. The van der Waals surface area contributed by atoms with Crippen molar-refractivity contribution < 1.29 is 0 Å². The number of hydrogen-bond donors (Lipinski definition) is 0. The SMILES string of the molecule is N#Cc1ccc(-c2ccc3c4c(ccc(-c5nc(-c6ccccc6)nc(-c6cccc(-c7ccccc7)c6)n5)c24)-c2ccccc2-3)cc1. The fourth-order valence-corrected chi connectivity index (χ4v) is 6.86. The van der Waals surface area contributed by atoms with E-state index >= 15 is 0 Å². The van der Waals surface area contributed by atoms with E-state index in [1.54, 1.807) is 0 Å². The minimum Gasteiger partial charge on any atom is -0.208 e. The van der Waals surface area contributed by atoms with Crippen molar-refractivity contribution in [3.63, 3.8) is 0 Å². The Morgan fingerprint density at radius 1 is 0.333 bits per heavy atom. The first-order chi connectivity index (χ1) is 23.7. The van der Waals surface area contributed by atoms with E-state index in [2.05, 4.69) is 103 Å². The van der Waals surface area contributed by atoms with Gasteiger partial charge in [-0.2, -0.15) is 5.26 Å². The summed E-state index contributed by atoms with van der Waals surface area (Å²) in [7, 11) is 0. The molecule has 48 heavy (non-hydrogen) atoms. The van der Waals surface area contributed by atoms with Gasteiger partial charge in [0.15, 0.2) is 17.5 Å². The highest BCUT2D eigenvalue weighted by molar-refractivity contribution is 6.22. The molecular formula is C44H26N4. The second-order valence-electron chi connectivity index (χ2n) is 11.9. The van der Waals surface area contributed by atoms with Crippen molar-refractivity contribution in [2.24, 2.45) is 0 Å². The second-order valence-corrected chi connectivity index (χ2v) is 11.9. The molecule has 0 aliphatic heterocycles. The molecule has 0 bridgehead atoms. The lowest BCUT2D eigenvalue weighted by molar-refractivity contribution is 1.08. The fraction of sp³-hybridized carbons (Fsp3) is 0. The average molecular weight is 611 g/mol. The summed E-state index contributed by atoms with van der Waals surface area (Å²) in [5.74, 6) is 1.84. The second kappa shape index (κ2) is 11.3. The van der Waals surface area contributed by atoms with Gasteiger partial charge in [-0.25, -0.2) is 15.0 Å². The van der Waals surface area contributed by atoms with Gasteiger partial charge < -0.3 is 0 Å². The quantitative estimate of drug-likeness (QED) is 0.194. The molecule has 4 nitrogen and oxygen atoms in total. The number of benzene rings is 7. The van der Waals surface area contributed by atoms with E-state index < -0.39 is 0 Å². The molecule has 0 radical (unpaired) electrons. The molecule has 0 fully saturated rings. The number of hydrogen-bond acceptors (Lipinski definition) is 4. The fourth-order valence-electron chi connectivity index (χ4n) is 6.86. The molecule has 0 atom stereocenters. The maximum Gasteiger partial charge on any atom is 0.164 e. The minimum atomic E-state index is 0.610. The van der Waals surface area contributed by atoms with Gasteiger partial charge in [-0.1, -0.05) is 133 Å². The highest BCUT2D eigenvalue weighted by Gasteiger charge is 2.26. The summed E-state index contributed by atoms with van der Waals surface area (Å²) in [4.78, 5) is 15.4. The van der Waals surface area contributed by atoms with E-state index in [9.17, 15) is 5.26 Å². The minimum absolute atomic E-state index is 0.610. The molecule has 0 saturated heterocycles. The first-order valence-corrected chi connectivity index (χ1v) is 15.9. The lowest BCUT2D eigenvalue weighted by Crippen LogP contribution is -2.01. The maximum atomic E-state index is 9.49. The van der Waals surface area contributed by atoms with E-state index in [0.29, 0.717) is 23.0 Å². The van der Waals surface area contributed by atoms with Crippen molar-refractivity contribution in [2.75, 3.05) is 0 Å². The summed E-state index contributed by atoms with van der Waals surface area (Å²) in [6.07, 6.45) is 0. The normalized spacial score (nSPS) is 11.3. The Kier molecular flexibility index (Phi) is 6.48. The molecule has 222 valence electrons. The molecule has 7 aromatic carbocycles. The Labute approximate surface area is 278 Å². The Balaban J connectivity index is 1.32. The summed E-state index contributed by atoms with van der Waals surface area (Å²) in [5, 5.41) is 11.8. The topological polar surface area (TPSA) is 62.5 Å². The maximum absolute atomic E-state index is 9.49. The van der Waals surface area contributed by atoms with Crippen LogP contribution in [0.3, 0.4) is 0 Å². The van der Waals surface area contributed by atoms with Gasteiger partial charge >= 0.3 is 0 Å². The highest BCUT2D eigenvalue weighted by Crippen LogP contribution is 2.51. The van der Waals surface area contributed by atoms with Gasteiger partial charge in [0.05, 0.1) is 11.6 Å². The van der Waals surface area contributed by atoms with Crippen LogP contribution < -0.4 is 0 Å². The third-order valence-electron chi connectivity index (χ3n) is 9.13. The number of rotatable bonds is 5. The van der Waals surface area contributed by atoms with Crippen LogP contribution in [0.1, 0.15) is 5.56 Å². The van der Waals surface area contributed by atoms with E-state index in [1.165, 1.54) is 27.6 Å². The van der Waals surface area contributed by atoms with Gasteiger partial charge in [0.25, 0.3) is 0 Å². The van der Waals surface area contributed by atoms with Gasteiger partial charge in [-0.05, 0) is 74.2 Å². The molecule has 1 aliphatic carbocycles. The van der Waals surface area contributed by atoms with Gasteiger partial charge in [0.2, 0.25) is 0 Å². The van der Waals surface area contributed by atoms with Crippen molar-refractivity contribution in [1.82, 2.24) is 15.0 Å². The summed E-state index contributed by atoms with van der Waals surface area (Å²) >= 11 is 0. The zero-order valence-electron chi connectivity index (χ0n) is 25.8. The summed E-state index contributed by atoms with van der Waals surface area (Å²) in [6.45, 7) is 0. The van der Waals surface area contributed by atoms with Gasteiger partial charge in [0.1, 0.15) is 0 Å². The largest absolute Gasteiger partial charge is 0.208 e. The first-order valence-electron chi connectivity index (χ1n) is 15.9. The molecule has 1 aromatic heterocycles. The van der Waals surface area contributed by atoms with Crippen molar-refractivity contribution in [3.05, 3.63) is 163 Å². The number of fused-ring (bicyclic) bond motifs is 3. The van der Waals surface area contributed by atoms with Crippen LogP contribution in [0.15, 0.2) is 158 Å². The van der Waals surface area contributed by atoms with E-state index in [1.807, 2.05) is 60.7 Å². The Morgan fingerprint density at radius 2 is 0.833 bits per heavy atom. The number of nitriles is 1. The van der Waals surface area contributed by atoms with Crippen LogP contribution in [0.5, 0.6) is 0 Å². The van der Waals surface area contributed by atoms with E-state index in [0.717, 1.165) is 44.3 Å². The van der Waals surface area contributed by atoms with E-state index in [4.69, 9.17) is 15.0 Å². The third-order valence-corrected chi connectivity index (χ3v) is 9.13. The first kappa shape index (κ1) is 27.6. The zero-order valence-corrected chi connectivity index (χ0v) is 25.8. The van der Waals surface area contributed by atoms with Gasteiger partial charge in [-0.3, -0.25) is 0 Å². The number of nitrogens with zero attached hydrogens (tertiary/aromatic N) is 4. The lowest BCUT2D eigenvalue weighted by Gasteiger charge is -2.15. The molecule has 1 heterocycles. The van der Waals surface area contributed by atoms with Crippen molar-refractivity contribution in [2.45, 2.75) is 0 Å². The predicted molar refractivity (Wildman–Crippen MR) is 194 cm³/mol. The smallest absolute Gasteiger partial charge is 0.164 e. The van der Waals surface area contributed by atoms with Crippen LogP contribution in [-0.4, -0.2) is 15.0 Å². The van der Waals surface area contributed by atoms with Crippen LogP contribution in [-0.2, 0) is 0 Å². The highest BCUT2D eigenvalue weighted by atomic mass is 15.0. The molecule has 0 saturated carbocycles. The molecule has 0 amide bonds. The zero-order chi connectivity index (χ0) is 32.0. The monoisotopic (exact) mass is 610 g/mol. The molecule has 1 aliphatic rings. The molecular weight excluding hydrogens is 585 g/mol. The van der Waals surface area contributed by atoms with E-state index in [-0.39, 0.29) is 0 Å². The summed E-state index contributed by atoms with van der Waals surface area (Å²) in [5.41, 5.74) is 12.6. The van der Waals surface area contributed by atoms with Crippen LogP contribution in [0.4, 0.5) is 0 Å². The molecule has 8 aromatic rings. The Hall–Kier alpha value is -6.70. The van der Waals surface area contributed by atoms with Crippen molar-refractivity contribution >= 4 is 10.8 Å². The molecule has 9 rings (SSSR count). The standard InChI is InChI=1S/C44H26N4/c45-27-28-18-20-30(21-19-28)34-22-23-37-35-16-7-8-17-36(35)38-24-25-39(40(34)41(37)38)44-47-42(31-12-5-2-6-13-31)46-43(48-44)33-15-9-14-32(26-33)29-10-3-1-4-11-29/h1-26H. The lowest BCUT2D eigenvalue weighted by atomic mass is 9.90. The summed E-state index contributed by atoms with van der Waals surface area (Å²) in [6, 6.07) is 56.2. The number of aromatic nitrogens is 3. The molecule has 0 spiro atoms. The molecule has 0 N–H and O–H groups in total. The van der Waals surface area contributed by atoms with Crippen LogP contribution >= 0.6 is 0 Å². The third kappa shape index (κ3) is 4.57. The van der Waals surface area contributed by atoms with Gasteiger partial charge in [0, 0.05) is 22.1 Å². The Morgan fingerprint density at radius 3 is 1.50 bits per heavy atom.